The Morgan fingerprint density at radius 3 is 2.82 bits per heavy atom. The van der Waals surface area contributed by atoms with Crippen LogP contribution in [0.15, 0.2) is 42.6 Å². The lowest BCUT2D eigenvalue weighted by atomic mass is 9.93. The van der Waals surface area contributed by atoms with Gasteiger partial charge >= 0.3 is 0 Å². The summed E-state index contributed by atoms with van der Waals surface area (Å²) in [6.07, 6.45) is 1.07. The molecular formula is C20H19Cl2FN4O. The molecule has 1 aliphatic rings. The normalized spacial score (nSPS) is 22.4. The van der Waals surface area contributed by atoms with Gasteiger partial charge in [-0.25, -0.2) is 4.39 Å². The van der Waals surface area contributed by atoms with E-state index in [1.807, 2.05) is 6.92 Å². The van der Waals surface area contributed by atoms with Crippen LogP contribution in [0, 0.1) is 5.82 Å². The van der Waals surface area contributed by atoms with Crippen molar-refractivity contribution < 1.29 is 9.13 Å². The molecule has 0 aliphatic carbocycles. The second kappa shape index (κ2) is 7.46. The molecule has 1 fully saturated rings. The maximum Gasteiger partial charge on any atom is 0.129 e. The van der Waals surface area contributed by atoms with Crippen molar-refractivity contribution in [2.45, 2.75) is 18.8 Å². The summed E-state index contributed by atoms with van der Waals surface area (Å²) in [4.78, 5) is 4.39. The summed E-state index contributed by atoms with van der Waals surface area (Å²) in [6, 6.07) is 10.1. The Morgan fingerprint density at radius 2 is 2.04 bits per heavy atom. The summed E-state index contributed by atoms with van der Waals surface area (Å²) in [6.45, 7) is 2.80. The highest BCUT2D eigenvalue weighted by Gasteiger charge is 2.35. The van der Waals surface area contributed by atoms with Gasteiger partial charge in [-0.2, -0.15) is 0 Å². The third kappa shape index (κ3) is 3.79. The van der Waals surface area contributed by atoms with Crippen LogP contribution in [0.5, 0.6) is 0 Å². The predicted octanol–water partition coefficient (Wildman–Crippen LogP) is 4.54. The number of aromatic nitrogens is 1. The topological polar surface area (TPSA) is 72.2 Å². The first kappa shape index (κ1) is 19.4. The van der Waals surface area contributed by atoms with Crippen molar-refractivity contribution in [2.24, 2.45) is 5.73 Å². The van der Waals surface area contributed by atoms with Gasteiger partial charge in [-0.05, 0) is 43.3 Å². The van der Waals surface area contributed by atoms with Gasteiger partial charge in [0.05, 0.1) is 16.2 Å². The number of fused-ring (bicyclic) bond motifs is 1. The second-order valence-corrected chi connectivity index (χ2v) is 7.89. The lowest BCUT2D eigenvalue weighted by Gasteiger charge is -2.38. The first-order chi connectivity index (χ1) is 13.3. The Kier molecular flexibility index (Phi) is 5.16. The number of benzene rings is 2. The first-order valence-corrected chi connectivity index (χ1v) is 9.56. The molecule has 8 heteroatoms. The zero-order valence-electron chi connectivity index (χ0n) is 15.1. The minimum Gasteiger partial charge on any atom is -0.354 e. The van der Waals surface area contributed by atoms with Crippen LogP contribution < -0.4 is 16.4 Å². The number of rotatable bonds is 3. The Morgan fingerprint density at radius 1 is 1.25 bits per heavy atom. The summed E-state index contributed by atoms with van der Waals surface area (Å²) in [7, 11) is 0. The van der Waals surface area contributed by atoms with Gasteiger partial charge in [0.15, 0.2) is 0 Å². The van der Waals surface area contributed by atoms with Crippen molar-refractivity contribution in [3.05, 3.63) is 64.0 Å². The van der Waals surface area contributed by atoms with E-state index in [4.69, 9.17) is 33.7 Å². The summed E-state index contributed by atoms with van der Waals surface area (Å²) in [5.41, 5.74) is 7.53. The summed E-state index contributed by atoms with van der Waals surface area (Å²) in [5, 5.41) is 8.33. The highest BCUT2D eigenvalue weighted by Crippen LogP contribution is 2.34. The molecule has 4 N–H and O–H groups in total. The molecule has 3 aromatic rings. The second-order valence-electron chi connectivity index (χ2n) is 7.02. The van der Waals surface area contributed by atoms with Crippen LogP contribution in [-0.4, -0.2) is 24.3 Å². The fraction of sp³-hybridized carbons (Fsp3) is 0.250. The molecule has 28 heavy (non-hydrogen) atoms. The monoisotopic (exact) mass is 420 g/mol. The van der Waals surface area contributed by atoms with Gasteiger partial charge in [-0.1, -0.05) is 23.2 Å². The van der Waals surface area contributed by atoms with Crippen molar-refractivity contribution in [3.63, 3.8) is 0 Å². The van der Waals surface area contributed by atoms with Gasteiger partial charge in [-0.15, -0.1) is 0 Å². The fourth-order valence-corrected chi connectivity index (χ4v) is 3.87. The lowest BCUT2D eigenvalue weighted by Crippen LogP contribution is -2.53. The molecule has 5 nitrogen and oxygen atoms in total. The molecule has 0 amide bonds. The Labute approximate surface area is 172 Å². The minimum absolute atomic E-state index is 0.357. The Bertz CT molecular complexity index is 1040. The van der Waals surface area contributed by atoms with Crippen molar-refractivity contribution in [1.82, 2.24) is 10.3 Å². The molecule has 0 radical (unpaired) electrons. The van der Waals surface area contributed by atoms with E-state index in [2.05, 4.69) is 15.6 Å². The molecule has 0 bridgehead atoms. The third-order valence-electron chi connectivity index (χ3n) is 4.75. The fourth-order valence-electron chi connectivity index (χ4n) is 3.47. The number of ether oxygens (including phenoxy) is 1. The molecule has 1 aliphatic heterocycles. The summed E-state index contributed by atoms with van der Waals surface area (Å²) >= 11 is 12.3. The zero-order chi connectivity index (χ0) is 19.9. The van der Waals surface area contributed by atoms with Gasteiger partial charge < -0.3 is 21.1 Å². The van der Waals surface area contributed by atoms with Crippen molar-refractivity contribution in [3.8, 4) is 0 Å². The van der Waals surface area contributed by atoms with Crippen molar-refractivity contribution >= 4 is 45.5 Å². The first-order valence-electron chi connectivity index (χ1n) is 8.80. The molecule has 0 saturated carbocycles. The molecule has 1 aromatic heterocycles. The molecule has 4 rings (SSSR count). The molecule has 2 atom stereocenters. The standard InChI is InChI=1S/C20H19Cl2FN4O/c1-20(10-25-9-18(24)28-20)15-7-14(2-3-16(15)23)27-17-6-12(21)4-11-5-13(22)8-26-19(11)17/h2-8,18,25,27H,9-10,24H2,1H3/t18-,20?/m1/s1. The van der Waals surface area contributed by atoms with Crippen LogP contribution in [0.1, 0.15) is 12.5 Å². The molecule has 2 heterocycles. The number of nitrogens with two attached hydrogens (primary N) is 1. The van der Waals surface area contributed by atoms with E-state index in [0.29, 0.717) is 45.6 Å². The maximum absolute atomic E-state index is 14.6. The van der Waals surface area contributed by atoms with Crippen LogP contribution in [0.4, 0.5) is 15.8 Å². The third-order valence-corrected chi connectivity index (χ3v) is 5.17. The Hall–Kier alpha value is -1.96. The molecule has 146 valence electrons. The van der Waals surface area contributed by atoms with Crippen LogP contribution in [-0.2, 0) is 10.3 Å². The lowest BCUT2D eigenvalue weighted by molar-refractivity contribution is -0.109. The Balaban J connectivity index is 1.73. The number of nitrogens with one attached hydrogen (secondary N) is 2. The highest BCUT2D eigenvalue weighted by molar-refractivity contribution is 6.33. The zero-order valence-corrected chi connectivity index (χ0v) is 16.6. The average molecular weight is 421 g/mol. The van der Waals surface area contributed by atoms with Gasteiger partial charge in [0.1, 0.15) is 17.6 Å². The minimum atomic E-state index is -0.873. The number of halogens is 3. The van der Waals surface area contributed by atoms with Crippen LogP contribution in [0.2, 0.25) is 10.0 Å². The molecule has 1 unspecified atom stereocenters. The van der Waals surface area contributed by atoms with Crippen molar-refractivity contribution in [1.29, 1.82) is 0 Å². The van der Waals surface area contributed by atoms with E-state index in [-0.39, 0.29) is 5.82 Å². The number of hydrogen-bond donors (Lipinski definition) is 3. The number of morpholine rings is 1. The van der Waals surface area contributed by atoms with Gasteiger partial charge in [-0.3, -0.25) is 4.98 Å². The molecular weight excluding hydrogens is 402 g/mol. The number of hydrogen-bond acceptors (Lipinski definition) is 5. The van der Waals surface area contributed by atoms with Gasteiger partial charge in [0.2, 0.25) is 0 Å². The van der Waals surface area contributed by atoms with Gasteiger partial charge in [0, 0.05) is 40.9 Å². The maximum atomic E-state index is 14.6. The molecule has 1 saturated heterocycles. The molecule has 0 spiro atoms. The van der Waals surface area contributed by atoms with Crippen LogP contribution >= 0.6 is 23.2 Å². The average Bonchev–Trinajstić information content (AvgIpc) is 2.62. The van der Waals surface area contributed by atoms with Crippen molar-refractivity contribution in [2.75, 3.05) is 18.4 Å². The smallest absolute Gasteiger partial charge is 0.129 e. The van der Waals surface area contributed by atoms with Crippen LogP contribution in [0.25, 0.3) is 10.9 Å². The highest BCUT2D eigenvalue weighted by atomic mass is 35.5. The molecule has 2 aromatic carbocycles. The van der Waals surface area contributed by atoms with E-state index in [9.17, 15) is 4.39 Å². The summed E-state index contributed by atoms with van der Waals surface area (Å²) < 4.78 is 20.5. The quantitative estimate of drug-likeness (QED) is 0.579. The van der Waals surface area contributed by atoms with Gasteiger partial charge in [0.25, 0.3) is 0 Å². The summed E-state index contributed by atoms with van der Waals surface area (Å²) in [5.74, 6) is -0.357. The van der Waals surface area contributed by atoms with Crippen LogP contribution in [0.3, 0.4) is 0 Å². The largest absolute Gasteiger partial charge is 0.354 e. The number of anilines is 2. The number of nitrogens with zero attached hydrogens (tertiary/aromatic N) is 1. The van der Waals surface area contributed by atoms with E-state index < -0.39 is 11.8 Å². The SMILES string of the molecule is CC1(c2cc(Nc3cc(Cl)cc4cc(Cl)cnc34)ccc2F)CNC[C@H](N)O1. The van der Waals surface area contributed by atoms with E-state index >= 15 is 0 Å². The van der Waals surface area contributed by atoms with E-state index in [0.717, 1.165) is 5.39 Å². The number of pyridine rings is 1. The van der Waals surface area contributed by atoms with E-state index in [1.54, 1.807) is 36.5 Å². The predicted molar refractivity (Wildman–Crippen MR) is 111 cm³/mol. The van der Waals surface area contributed by atoms with E-state index in [1.165, 1.54) is 6.07 Å².